The van der Waals surface area contributed by atoms with Crippen LogP contribution in [-0.4, -0.2) is 37.6 Å². The average molecular weight is 345 g/mol. The first-order valence-corrected chi connectivity index (χ1v) is 9.41. The number of carbonyl (C=O) groups is 1. The highest BCUT2D eigenvalue weighted by Gasteiger charge is 2.20. The summed E-state index contributed by atoms with van der Waals surface area (Å²) in [4.78, 5) is 14.3. The fourth-order valence-corrected chi connectivity index (χ4v) is 3.17. The lowest BCUT2D eigenvalue weighted by Gasteiger charge is -2.30. The summed E-state index contributed by atoms with van der Waals surface area (Å²) >= 11 is 0. The number of carbonyl (C=O) groups excluding carboxylic acids is 1. The van der Waals surface area contributed by atoms with Gasteiger partial charge in [0.1, 0.15) is 0 Å². The molecule has 4 heteroatoms. The summed E-state index contributed by atoms with van der Waals surface area (Å²) in [7, 11) is 3.55. The van der Waals surface area contributed by atoms with Crippen molar-refractivity contribution in [3.05, 3.63) is 29.8 Å². The second-order valence-corrected chi connectivity index (χ2v) is 6.69. The second kappa shape index (κ2) is 10.1. The molecule has 1 aromatic carbocycles. The van der Waals surface area contributed by atoms with Gasteiger partial charge in [-0.3, -0.25) is 4.79 Å². The molecule has 2 rings (SSSR count). The first-order chi connectivity index (χ1) is 12.2. The summed E-state index contributed by atoms with van der Waals surface area (Å²) < 4.78 is 11.2. The minimum atomic E-state index is 0.0640. The number of amides is 1. The number of methoxy groups -OCH3 is 1. The van der Waals surface area contributed by atoms with Crippen LogP contribution in [0.3, 0.4) is 0 Å². The summed E-state index contributed by atoms with van der Waals surface area (Å²) in [5.74, 6) is 1.51. The number of ether oxygens (including phenoxy) is 2. The molecular weight excluding hydrogens is 314 g/mol. The largest absolute Gasteiger partial charge is 0.493 e. The van der Waals surface area contributed by atoms with Gasteiger partial charge in [0.05, 0.1) is 13.7 Å². The van der Waals surface area contributed by atoms with Gasteiger partial charge in [0.25, 0.3) is 0 Å². The molecule has 1 aromatic rings. The molecule has 0 saturated heterocycles. The first kappa shape index (κ1) is 19.4. The number of unbranched alkanes of at least 4 members (excludes halogenated alkanes) is 1. The highest BCUT2D eigenvalue weighted by atomic mass is 16.5. The van der Waals surface area contributed by atoms with Crippen molar-refractivity contribution in [2.45, 2.75) is 57.9 Å². The van der Waals surface area contributed by atoms with Crippen LogP contribution in [0.5, 0.6) is 11.5 Å². The van der Waals surface area contributed by atoms with Crippen molar-refractivity contribution in [2.75, 3.05) is 20.8 Å². The fourth-order valence-electron chi connectivity index (χ4n) is 3.17. The van der Waals surface area contributed by atoms with E-state index in [4.69, 9.17) is 9.47 Å². The van der Waals surface area contributed by atoms with Crippen LogP contribution >= 0.6 is 0 Å². The van der Waals surface area contributed by atoms with Crippen molar-refractivity contribution in [1.29, 1.82) is 0 Å². The molecule has 1 amide bonds. The Kier molecular flexibility index (Phi) is 7.83. The van der Waals surface area contributed by atoms with Crippen LogP contribution in [0.4, 0.5) is 0 Å². The molecule has 0 bridgehead atoms. The summed E-state index contributed by atoms with van der Waals surface area (Å²) in [6.45, 7) is 2.82. The van der Waals surface area contributed by atoms with Crippen LogP contribution in [0.2, 0.25) is 0 Å². The van der Waals surface area contributed by atoms with Gasteiger partial charge in [-0.15, -0.1) is 0 Å². The first-order valence-electron chi connectivity index (χ1n) is 9.41. The molecule has 0 atom stereocenters. The van der Waals surface area contributed by atoms with Crippen LogP contribution in [0.25, 0.3) is 6.08 Å². The Morgan fingerprint density at radius 1 is 1.24 bits per heavy atom. The van der Waals surface area contributed by atoms with Crippen LogP contribution < -0.4 is 9.47 Å². The van der Waals surface area contributed by atoms with E-state index >= 15 is 0 Å². The minimum absolute atomic E-state index is 0.0640. The molecule has 1 aliphatic rings. The Hall–Kier alpha value is -1.97. The molecule has 0 aromatic heterocycles. The van der Waals surface area contributed by atoms with Crippen LogP contribution in [0, 0.1) is 0 Å². The van der Waals surface area contributed by atoms with Gasteiger partial charge < -0.3 is 14.4 Å². The maximum Gasteiger partial charge on any atom is 0.246 e. The highest BCUT2D eigenvalue weighted by molar-refractivity contribution is 5.91. The Balaban J connectivity index is 1.98. The molecule has 0 unspecified atom stereocenters. The van der Waals surface area contributed by atoms with E-state index in [0.29, 0.717) is 18.4 Å². The molecular formula is C21H31NO3. The van der Waals surface area contributed by atoms with Crippen LogP contribution in [0.1, 0.15) is 57.4 Å². The second-order valence-electron chi connectivity index (χ2n) is 6.69. The number of hydrogen-bond acceptors (Lipinski definition) is 3. The van der Waals surface area contributed by atoms with Crippen molar-refractivity contribution in [2.24, 2.45) is 0 Å². The van der Waals surface area contributed by atoms with E-state index in [1.54, 1.807) is 13.2 Å². The minimum Gasteiger partial charge on any atom is -0.493 e. The molecule has 1 fully saturated rings. The van der Waals surface area contributed by atoms with E-state index in [1.165, 1.54) is 19.3 Å². The third-order valence-corrected chi connectivity index (χ3v) is 4.83. The van der Waals surface area contributed by atoms with Crippen molar-refractivity contribution in [3.8, 4) is 11.5 Å². The van der Waals surface area contributed by atoms with E-state index < -0.39 is 0 Å². The van der Waals surface area contributed by atoms with Crippen LogP contribution in [0.15, 0.2) is 24.3 Å². The molecule has 0 aliphatic heterocycles. The Labute approximate surface area is 151 Å². The van der Waals surface area contributed by atoms with E-state index in [2.05, 4.69) is 6.92 Å². The lowest BCUT2D eigenvalue weighted by molar-refractivity contribution is -0.127. The quantitative estimate of drug-likeness (QED) is 0.507. The molecule has 0 N–H and O–H groups in total. The van der Waals surface area contributed by atoms with E-state index in [-0.39, 0.29) is 5.91 Å². The van der Waals surface area contributed by atoms with E-state index in [1.807, 2.05) is 36.2 Å². The van der Waals surface area contributed by atoms with Gasteiger partial charge >= 0.3 is 0 Å². The fraction of sp³-hybridized carbons (Fsp3) is 0.571. The molecule has 1 aliphatic carbocycles. The molecule has 0 spiro atoms. The van der Waals surface area contributed by atoms with Gasteiger partial charge in [-0.25, -0.2) is 0 Å². The Morgan fingerprint density at radius 2 is 2.00 bits per heavy atom. The maximum absolute atomic E-state index is 12.4. The third kappa shape index (κ3) is 5.80. The van der Waals surface area contributed by atoms with Gasteiger partial charge in [-0.05, 0) is 43.0 Å². The number of nitrogens with zero attached hydrogens (tertiary/aromatic N) is 1. The number of likely N-dealkylation sites (N-methyl/N-ethyl adjacent to an activating group) is 1. The predicted molar refractivity (Wildman–Crippen MR) is 102 cm³/mol. The van der Waals surface area contributed by atoms with E-state index in [0.717, 1.165) is 37.0 Å². The zero-order valence-electron chi connectivity index (χ0n) is 15.8. The number of hydrogen-bond donors (Lipinski definition) is 0. The van der Waals surface area contributed by atoms with Crippen molar-refractivity contribution >= 4 is 12.0 Å². The summed E-state index contributed by atoms with van der Waals surface area (Å²) in [6.07, 6.45) is 11.6. The average Bonchev–Trinajstić information content (AvgIpc) is 2.67. The Morgan fingerprint density at radius 3 is 2.68 bits per heavy atom. The molecule has 0 heterocycles. The van der Waals surface area contributed by atoms with Crippen molar-refractivity contribution in [3.63, 3.8) is 0 Å². The number of benzene rings is 1. The molecule has 1 saturated carbocycles. The maximum atomic E-state index is 12.4. The molecule has 138 valence electrons. The zero-order chi connectivity index (χ0) is 18.1. The predicted octanol–water partition coefficient (Wildman–Crippen LogP) is 4.68. The van der Waals surface area contributed by atoms with E-state index in [9.17, 15) is 4.79 Å². The SMILES string of the molecule is CCCCOc1ccc(/C=C/C(=O)N(C)C2CCCCC2)cc1OC. The topological polar surface area (TPSA) is 38.8 Å². The van der Waals surface area contributed by atoms with Crippen LogP contribution in [-0.2, 0) is 4.79 Å². The Bertz CT molecular complexity index is 577. The standard InChI is InChI=1S/C21H31NO3/c1-4-5-15-25-19-13-11-17(16-20(19)24-3)12-14-21(23)22(2)18-9-7-6-8-10-18/h11-14,16,18H,4-10,15H2,1-3H3/b14-12+. The lowest BCUT2D eigenvalue weighted by atomic mass is 9.94. The molecule has 25 heavy (non-hydrogen) atoms. The summed E-state index contributed by atoms with van der Waals surface area (Å²) in [5, 5.41) is 0. The van der Waals surface area contributed by atoms with Crippen molar-refractivity contribution < 1.29 is 14.3 Å². The lowest BCUT2D eigenvalue weighted by Crippen LogP contribution is -2.37. The zero-order valence-corrected chi connectivity index (χ0v) is 15.8. The molecule has 4 nitrogen and oxygen atoms in total. The van der Waals surface area contributed by atoms with Crippen molar-refractivity contribution in [1.82, 2.24) is 4.90 Å². The summed E-state index contributed by atoms with van der Waals surface area (Å²) in [6, 6.07) is 6.15. The smallest absolute Gasteiger partial charge is 0.246 e. The number of rotatable bonds is 8. The molecule has 0 radical (unpaired) electrons. The van der Waals surface area contributed by atoms with Gasteiger partial charge in [0, 0.05) is 19.2 Å². The van der Waals surface area contributed by atoms with Gasteiger partial charge in [-0.2, -0.15) is 0 Å². The van der Waals surface area contributed by atoms with Gasteiger partial charge in [0.2, 0.25) is 5.91 Å². The highest BCUT2D eigenvalue weighted by Crippen LogP contribution is 2.29. The normalized spacial score (nSPS) is 15.3. The third-order valence-electron chi connectivity index (χ3n) is 4.83. The summed E-state index contributed by atoms with van der Waals surface area (Å²) in [5.41, 5.74) is 0.935. The monoisotopic (exact) mass is 345 g/mol. The van der Waals surface area contributed by atoms with Gasteiger partial charge in [-0.1, -0.05) is 38.7 Å². The van der Waals surface area contributed by atoms with Gasteiger partial charge in [0.15, 0.2) is 11.5 Å².